The first-order valence-corrected chi connectivity index (χ1v) is 11.2. The molecular weight excluding hydrogens is 390 g/mol. The van der Waals surface area contributed by atoms with Gasteiger partial charge in [-0.1, -0.05) is 39.2 Å². The fourth-order valence-electron chi connectivity index (χ4n) is 3.57. The van der Waals surface area contributed by atoms with Crippen molar-refractivity contribution in [2.24, 2.45) is 5.92 Å². The highest BCUT2D eigenvalue weighted by molar-refractivity contribution is 5.95. The maximum absolute atomic E-state index is 12.4. The lowest BCUT2D eigenvalue weighted by Gasteiger charge is -2.22. The average molecular weight is 424 g/mol. The smallest absolute Gasteiger partial charge is 0.251 e. The van der Waals surface area contributed by atoms with E-state index in [2.05, 4.69) is 29.8 Å². The van der Waals surface area contributed by atoms with Gasteiger partial charge in [0.25, 0.3) is 5.91 Å². The predicted molar refractivity (Wildman–Crippen MR) is 125 cm³/mol. The number of carbonyl (C=O) groups excluding carboxylic acids is 2. The molecule has 0 saturated heterocycles. The van der Waals surface area contributed by atoms with Crippen molar-refractivity contribution < 1.29 is 14.3 Å². The number of hydrogen-bond acceptors (Lipinski definition) is 4. The van der Waals surface area contributed by atoms with Crippen LogP contribution in [0.4, 0.5) is 11.4 Å². The van der Waals surface area contributed by atoms with Crippen molar-refractivity contribution in [2.75, 3.05) is 23.8 Å². The summed E-state index contributed by atoms with van der Waals surface area (Å²) in [5, 5.41) is 9.08. The zero-order valence-electron chi connectivity index (χ0n) is 18.4. The molecule has 0 heterocycles. The van der Waals surface area contributed by atoms with Gasteiger partial charge in [-0.2, -0.15) is 0 Å². The lowest BCUT2D eigenvalue weighted by Crippen LogP contribution is -2.36. The van der Waals surface area contributed by atoms with Crippen LogP contribution in [0.5, 0.6) is 5.75 Å². The van der Waals surface area contributed by atoms with Crippen molar-refractivity contribution in [1.29, 1.82) is 0 Å². The Hall–Kier alpha value is -3.02. The van der Waals surface area contributed by atoms with E-state index in [9.17, 15) is 9.59 Å². The van der Waals surface area contributed by atoms with E-state index in [0.29, 0.717) is 23.8 Å². The molecule has 166 valence electrons. The minimum Gasteiger partial charge on any atom is -0.493 e. The van der Waals surface area contributed by atoms with Gasteiger partial charge in [0.05, 0.1) is 13.2 Å². The van der Waals surface area contributed by atoms with E-state index in [0.717, 1.165) is 24.3 Å². The SMILES string of the molecule is CC(C)COc1cccc(NC(=O)CNc2ccc(C(=O)NC3CCCCC3)cc2)c1. The van der Waals surface area contributed by atoms with Crippen molar-refractivity contribution in [3.8, 4) is 5.75 Å². The predicted octanol–water partition coefficient (Wildman–Crippen LogP) is 4.83. The van der Waals surface area contributed by atoms with E-state index in [1.54, 1.807) is 12.1 Å². The molecule has 0 spiro atoms. The quantitative estimate of drug-likeness (QED) is 0.539. The van der Waals surface area contributed by atoms with Gasteiger partial charge in [-0.3, -0.25) is 9.59 Å². The normalized spacial score (nSPS) is 14.2. The van der Waals surface area contributed by atoms with Crippen LogP contribution in [0.25, 0.3) is 0 Å². The fourth-order valence-corrected chi connectivity index (χ4v) is 3.57. The lowest BCUT2D eigenvalue weighted by molar-refractivity contribution is -0.114. The first kappa shape index (κ1) is 22.7. The highest BCUT2D eigenvalue weighted by atomic mass is 16.5. The summed E-state index contributed by atoms with van der Waals surface area (Å²) in [7, 11) is 0. The third-order valence-electron chi connectivity index (χ3n) is 5.24. The molecule has 1 aliphatic rings. The van der Waals surface area contributed by atoms with E-state index in [4.69, 9.17) is 4.74 Å². The number of benzene rings is 2. The van der Waals surface area contributed by atoms with E-state index < -0.39 is 0 Å². The van der Waals surface area contributed by atoms with Crippen molar-refractivity contribution >= 4 is 23.2 Å². The van der Waals surface area contributed by atoms with Crippen molar-refractivity contribution in [3.05, 3.63) is 54.1 Å². The maximum Gasteiger partial charge on any atom is 0.251 e. The summed E-state index contributed by atoms with van der Waals surface area (Å²) in [6, 6.07) is 14.9. The minimum absolute atomic E-state index is 0.0317. The van der Waals surface area contributed by atoms with Crippen LogP contribution in [0.3, 0.4) is 0 Å². The maximum atomic E-state index is 12.4. The fraction of sp³-hybridized carbons (Fsp3) is 0.440. The molecule has 3 N–H and O–H groups in total. The van der Waals surface area contributed by atoms with Gasteiger partial charge in [0.1, 0.15) is 5.75 Å². The third kappa shape index (κ3) is 7.63. The molecule has 1 aliphatic carbocycles. The Kier molecular flexibility index (Phi) is 8.33. The third-order valence-corrected chi connectivity index (χ3v) is 5.24. The van der Waals surface area contributed by atoms with Crippen LogP contribution < -0.4 is 20.7 Å². The van der Waals surface area contributed by atoms with Gasteiger partial charge in [-0.25, -0.2) is 0 Å². The summed E-state index contributed by atoms with van der Waals surface area (Å²) in [5.74, 6) is 0.990. The summed E-state index contributed by atoms with van der Waals surface area (Å²) in [4.78, 5) is 24.7. The average Bonchev–Trinajstić information content (AvgIpc) is 2.77. The molecule has 1 saturated carbocycles. The molecule has 2 aromatic carbocycles. The molecule has 31 heavy (non-hydrogen) atoms. The van der Waals surface area contributed by atoms with Crippen molar-refractivity contribution in [1.82, 2.24) is 5.32 Å². The second-order valence-electron chi connectivity index (χ2n) is 8.52. The second-order valence-corrected chi connectivity index (χ2v) is 8.52. The molecule has 6 heteroatoms. The zero-order chi connectivity index (χ0) is 22.1. The molecule has 0 aromatic heterocycles. The number of ether oxygens (including phenoxy) is 1. The molecule has 0 atom stereocenters. The topological polar surface area (TPSA) is 79.5 Å². The Balaban J connectivity index is 1.45. The largest absolute Gasteiger partial charge is 0.493 e. The highest BCUT2D eigenvalue weighted by Crippen LogP contribution is 2.19. The van der Waals surface area contributed by atoms with Crippen LogP contribution in [0, 0.1) is 5.92 Å². The Morgan fingerprint density at radius 3 is 2.45 bits per heavy atom. The molecule has 0 radical (unpaired) electrons. The Morgan fingerprint density at radius 1 is 1.00 bits per heavy atom. The van der Waals surface area contributed by atoms with Crippen LogP contribution in [-0.4, -0.2) is 31.0 Å². The first-order valence-electron chi connectivity index (χ1n) is 11.2. The highest BCUT2D eigenvalue weighted by Gasteiger charge is 2.16. The monoisotopic (exact) mass is 423 g/mol. The van der Waals surface area contributed by atoms with Gasteiger partial charge in [-0.05, 0) is 55.2 Å². The number of carbonyl (C=O) groups is 2. The summed E-state index contributed by atoms with van der Waals surface area (Å²) >= 11 is 0. The van der Waals surface area contributed by atoms with E-state index >= 15 is 0 Å². The molecule has 0 bridgehead atoms. The zero-order valence-corrected chi connectivity index (χ0v) is 18.4. The molecule has 0 aliphatic heterocycles. The van der Waals surface area contributed by atoms with Crippen LogP contribution in [0.2, 0.25) is 0 Å². The van der Waals surface area contributed by atoms with Crippen LogP contribution >= 0.6 is 0 Å². The van der Waals surface area contributed by atoms with E-state index in [1.807, 2.05) is 36.4 Å². The van der Waals surface area contributed by atoms with Crippen LogP contribution in [0.1, 0.15) is 56.3 Å². The van der Waals surface area contributed by atoms with Gasteiger partial charge < -0.3 is 20.7 Å². The molecule has 2 amide bonds. The van der Waals surface area contributed by atoms with Gasteiger partial charge in [-0.15, -0.1) is 0 Å². The Bertz CT molecular complexity index is 859. The molecule has 1 fully saturated rings. The van der Waals surface area contributed by atoms with Crippen molar-refractivity contribution in [2.45, 2.75) is 52.0 Å². The molecular formula is C25H33N3O3. The van der Waals surface area contributed by atoms with E-state index in [-0.39, 0.29) is 24.4 Å². The Morgan fingerprint density at radius 2 is 1.74 bits per heavy atom. The van der Waals surface area contributed by atoms with Gasteiger partial charge in [0.2, 0.25) is 5.91 Å². The van der Waals surface area contributed by atoms with E-state index in [1.165, 1.54) is 19.3 Å². The standard InChI is InChI=1S/C25H33N3O3/c1-18(2)17-31-23-10-6-9-22(15-23)27-24(29)16-26-20-13-11-19(12-14-20)25(30)28-21-7-4-3-5-8-21/h6,9-15,18,21,26H,3-5,7-8,16-17H2,1-2H3,(H,27,29)(H,28,30). The minimum atomic E-state index is -0.153. The summed E-state index contributed by atoms with van der Waals surface area (Å²) < 4.78 is 5.70. The molecule has 3 rings (SSSR count). The number of nitrogens with one attached hydrogen (secondary N) is 3. The summed E-state index contributed by atoms with van der Waals surface area (Å²) in [6.07, 6.45) is 5.76. The van der Waals surface area contributed by atoms with Gasteiger partial charge >= 0.3 is 0 Å². The van der Waals surface area contributed by atoms with Crippen LogP contribution in [-0.2, 0) is 4.79 Å². The van der Waals surface area contributed by atoms with Crippen LogP contribution in [0.15, 0.2) is 48.5 Å². The number of hydrogen-bond donors (Lipinski definition) is 3. The molecule has 2 aromatic rings. The number of anilines is 2. The van der Waals surface area contributed by atoms with Crippen molar-refractivity contribution in [3.63, 3.8) is 0 Å². The second kappa shape index (κ2) is 11.4. The number of amides is 2. The summed E-state index contributed by atoms with van der Waals surface area (Å²) in [6.45, 7) is 4.94. The van der Waals surface area contributed by atoms with Gasteiger partial charge in [0.15, 0.2) is 0 Å². The number of rotatable bonds is 9. The molecule has 6 nitrogen and oxygen atoms in total. The lowest BCUT2D eigenvalue weighted by atomic mass is 9.95. The summed E-state index contributed by atoms with van der Waals surface area (Å²) in [5.41, 5.74) is 2.12. The Labute approximate surface area is 184 Å². The first-order chi connectivity index (χ1) is 15.0. The molecule has 0 unspecified atom stereocenters. The van der Waals surface area contributed by atoms with Gasteiger partial charge in [0, 0.05) is 29.0 Å².